The van der Waals surface area contributed by atoms with Gasteiger partial charge in [-0.15, -0.1) is 0 Å². The zero-order chi connectivity index (χ0) is 15.2. The van der Waals surface area contributed by atoms with Crippen LogP contribution >= 0.6 is 11.8 Å². The first-order chi connectivity index (χ1) is 10.8. The third kappa shape index (κ3) is 4.26. The second-order valence-corrected chi connectivity index (χ2v) is 7.22. The highest BCUT2D eigenvalue weighted by molar-refractivity contribution is 7.99. The van der Waals surface area contributed by atoms with Gasteiger partial charge in [-0.3, -0.25) is 0 Å². The Labute approximate surface area is 137 Å². The summed E-state index contributed by atoms with van der Waals surface area (Å²) in [7, 11) is 0. The molecule has 1 aromatic rings. The largest absolute Gasteiger partial charge is 0.378 e. The van der Waals surface area contributed by atoms with Crippen molar-refractivity contribution >= 4 is 23.4 Å². The van der Waals surface area contributed by atoms with E-state index in [4.69, 9.17) is 4.74 Å². The molecule has 5 nitrogen and oxygen atoms in total. The maximum Gasteiger partial charge on any atom is 0.134 e. The van der Waals surface area contributed by atoms with Crippen molar-refractivity contribution in [2.45, 2.75) is 32.3 Å². The fourth-order valence-electron chi connectivity index (χ4n) is 3.10. The minimum absolute atomic E-state index is 0.512. The summed E-state index contributed by atoms with van der Waals surface area (Å²) in [6.45, 7) is 6.07. The van der Waals surface area contributed by atoms with Crippen LogP contribution in [-0.4, -0.2) is 53.8 Å². The lowest BCUT2D eigenvalue weighted by Crippen LogP contribution is -2.33. The normalized spacial score (nSPS) is 24.9. The van der Waals surface area contributed by atoms with Crippen molar-refractivity contribution in [2.75, 3.05) is 48.0 Å². The molecule has 2 aliphatic rings. The molecular formula is C16H26N4OS. The van der Waals surface area contributed by atoms with Crippen LogP contribution in [0.5, 0.6) is 0 Å². The van der Waals surface area contributed by atoms with Crippen molar-refractivity contribution in [3.8, 4) is 0 Å². The second-order valence-electron chi connectivity index (χ2n) is 5.99. The van der Waals surface area contributed by atoms with Crippen LogP contribution < -0.4 is 10.2 Å². The van der Waals surface area contributed by atoms with Crippen molar-refractivity contribution in [3.05, 3.63) is 12.4 Å². The number of rotatable bonds is 7. The molecule has 0 unspecified atom stereocenters. The first kappa shape index (κ1) is 15.9. The molecule has 1 aromatic heterocycles. The van der Waals surface area contributed by atoms with Gasteiger partial charge in [0.1, 0.15) is 18.0 Å². The van der Waals surface area contributed by atoms with Gasteiger partial charge >= 0.3 is 0 Å². The lowest BCUT2D eigenvalue weighted by atomic mass is 9.80. The second kappa shape index (κ2) is 8.02. The summed E-state index contributed by atoms with van der Waals surface area (Å²) >= 11 is 2.02. The van der Waals surface area contributed by atoms with E-state index < -0.39 is 0 Å². The van der Waals surface area contributed by atoms with Gasteiger partial charge in [-0.05, 0) is 32.1 Å². The van der Waals surface area contributed by atoms with Crippen molar-refractivity contribution in [2.24, 2.45) is 5.92 Å². The van der Waals surface area contributed by atoms with Crippen molar-refractivity contribution in [1.82, 2.24) is 9.97 Å². The molecule has 1 saturated heterocycles. The molecule has 1 aliphatic heterocycles. The minimum Gasteiger partial charge on any atom is -0.378 e. The van der Waals surface area contributed by atoms with E-state index in [1.54, 1.807) is 6.33 Å². The third-order valence-corrected chi connectivity index (χ3v) is 5.38. The molecule has 6 heteroatoms. The van der Waals surface area contributed by atoms with Gasteiger partial charge in [0.05, 0.1) is 6.10 Å². The van der Waals surface area contributed by atoms with Crippen LogP contribution in [0.2, 0.25) is 0 Å². The molecule has 2 heterocycles. The van der Waals surface area contributed by atoms with Gasteiger partial charge in [-0.2, -0.15) is 11.8 Å². The third-order valence-electron chi connectivity index (χ3n) is 4.44. The van der Waals surface area contributed by atoms with Crippen LogP contribution in [0.3, 0.4) is 0 Å². The predicted octanol–water partition coefficient (Wildman–Crippen LogP) is 2.65. The molecule has 0 atom stereocenters. The van der Waals surface area contributed by atoms with E-state index in [0.29, 0.717) is 6.10 Å². The molecule has 0 aromatic carbocycles. The average molecular weight is 322 g/mol. The fourth-order valence-corrected chi connectivity index (χ4v) is 4.00. The van der Waals surface area contributed by atoms with E-state index in [-0.39, 0.29) is 0 Å². The molecule has 1 saturated carbocycles. The summed E-state index contributed by atoms with van der Waals surface area (Å²) in [5.41, 5.74) is 0. The highest BCUT2D eigenvalue weighted by Crippen LogP contribution is 2.32. The van der Waals surface area contributed by atoms with Crippen LogP contribution in [0.1, 0.15) is 26.2 Å². The minimum atomic E-state index is 0.512. The summed E-state index contributed by atoms with van der Waals surface area (Å²) in [4.78, 5) is 11.1. The summed E-state index contributed by atoms with van der Waals surface area (Å²) in [5.74, 6) is 5.19. The maximum absolute atomic E-state index is 5.61. The molecular weight excluding hydrogens is 296 g/mol. The Morgan fingerprint density at radius 3 is 2.91 bits per heavy atom. The van der Waals surface area contributed by atoms with Crippen LogP contribution in [0.15, 0.2) is 12.4 Å². The average Bonchev–Trinajstić information content (AvgIpc) is 2.53. The number of hydrogen-bond acceptors (Lipinski definition) is 6. The molecule has 0 amide bonds. The Bertz CT molecular complexity index is 461. The smallest absolute Gasteiger partial charge is 0.134 e. The molecule has 0 spiro atoms. The highest BCUT2D eigenvalue weighted by Gasteiger charge is 2.28. The van der Waals surface area contributed by atoms with E-state index in [0.717, 1.165) is 43.8 Å². The topological polar surface area (TPSA) is 50.3 Å². The van der Waals surface area contributed by atoms with Gasteiger partial charge in [0.2, 0.25) is 0 Å². The predicted molar refractivity (Wildman–Crippen MR) is 92.8 cm³/mol. The lowest BCUT2D eigenvalue weighted by molar-refractivity contribution is -0.0255. The van der Waals surface area contributed by atoms with Gasteiger partial charge in [0.25, 0.3) is 0 Å². The summed E-state index contributed by atoms with van der Waals surface area (Å²) in [5, 5.41) is 3.45. The molecule has 3 rings (SSSR count). The van der Waals surface area contributed by atoms with Gasteiger partial charge in [-0.25, -0.2) is 9.97 Å². The van der Waals surface area contributed by atoms with Crippen LogP contribution in [0.25, 0.3) is 0 Å². The van der Waals surface area contributed by atoms with Crippen molar-refractivity contribution < 1.29 is 4.74 Å². The number of ether oxygens (including phenoxy) is 1. The Hall–Kier alpha value is -1.01. The zero-order valence-corrected chi connectivity index (χ0v) is 14.1. The van der Waals surface area contributed by atoms with E-state index >= 15 is 0 Å². The Morgan fingerprint density at radius 2 is 2.14 bits per heavy atom. The van der Waals surface area contributed by atoms with E-state index in [1.807, 2.05) is 11.8 Å². The van der Waals surface area contributed by atoms with Gasteiger partial charge in [-0.1, -0.05) is 0 Å². The molecule has 2 fully saturated rings. The highest BCUT2D eigenvalue weighted by atomic mass is 32.2. The Balaban J connectivity index is 1.41. The first-order valence-corrected chi connectivity index (χ1v) is 9.51. The van der Waals surface area contributed by atoms with E-state index in [9.17, 15) is 0 Å². The summed E-state index contributed by atoms with van der Waals surface area (Å²) < 4.78 is 5.61. The quantitative estimate of drug-likeness (QED) is 0.833. The molecule has 122 valence electrons. The van der Waals surface area contributed by atoms with Crippen molar-refractivity contribution in [1.29, 1.82) is 0 Å². The van der Waals surface area contributed by atoms with Crippen LogP contribution in [-0.2, 0) is 4.74 Å². The molecule has 0 bridgehead atoms. The van der Waals surface area contributed by atoms with E-state index in [1.165, 1.54) is 30.8 Å². The number of nitrogens with one attached hydrogen (secondary N) is 1. The number of aromatic nitrogens is 2. The molecule has 22 heavy (non-hydrogen) atoms. The van der Waals surface area contributed by atoms with Crippen LogP contribution in [0.4, 0.5) is 11.6 Å². The summed E-state index contributed by atoms with van der Waals surface area (Å²) in [6, 6.07) is 2.08. The number of hydrogen-bond donors (Lipinski definition) is 1. The first-order valence-electron chi connectivity index (χ1n) is 8.35. The lowest BCUT2D eigenvalue weighted by Gasteiger charge is -2.35. The number of nitrogens with zero attached hydrogens (tertiary/aromatic N) is 3. The maximum atomic E-state index is 5.61. The van der Waals surface area contributed by atoms with Crippen LogP contribution in [0, 0.1) is 5.92 Å². The van der Waals surface area contributed by atoms with Gasteiger partial charge < -0.3 is 15.0 Å². The number of thioether (sulfide) groups is 1. The Kier molecular flexibility index (Phi) is 5.78. The van der Waals surface area contributed by atoms with Crippen molar-refractivity contribution in [3.63, 3.8) is 0 Å². The number of anilines is 2. The molecule has 1 aliphatic carbocycles. The van der Waals surface area contributed by atoms with E-state index in [2.05, 4.69) is 33.2 Å². The fraction of sp³-hybridized carbons (Fsp3) is 0.750. The molecule has 1 N–H and O–H groups in total. The van der Waals surface area contributed by atoms with Gasteiger partial charge in [0.15, 0.2) is 0 Å². The van der Waals surface area contributed by atoms with Gasteiger partial charge in [0, 0.05) is 43.8 Å². The molecule has 0 radical (unpaired) electrons. The Morgan fingerprint density at radius 1 is 1.32 bits per heavy atom. The summed E-state index contributed by atoms with van der Waals surface area (Å²) in [6.07, 6.45) is 5.82. The monoisotopic (exact) mass is 322 g/mol. The SMILES string of the molecule is CCOC1CC(CCNc2cc(N3CCSCC3)ncn2)C1. The zero-order valence-electron chi connectivity index (χ0n) is 13.3. The standard InChI is InChI=1S/C16H26N4OS/c1-2-21-14-9-13(10-14)3-4-17-15-11-16(19-12-18-15)20-5-7-22-8-6-20/h11-14H,2-10H2,1H3,(H,17,18,19).